The lowest BCUT2D eigenvalue weighted by Gasteiger charge is -2.22. The van der Waals surface area contributed by atoms with E-state index in [1.54, 1.807) is 6.20 Å². The highest BCUT2D eigenvalue weighted by Crippen LogP contribution is 2.22. The molecule has 0 heterocycles. The van der Waals surface area contributed by atoms with Crippen LogP contribution >= 0.6 is 11.6 Å². The van der Waals surface area contributed by atoms with Crippen molar-refractivity contribution >= 4 is 35.1 Å². The third-order valence-corrected chi connectivity index (χ3v) is 4.20. The molecule has 25 heavy (non-hydrogen) atoms. The number of rotatable bonds is 6. The molecule has 0 saturated carbocycles. The lowest BCUT2D eigenvalue weighted by atomic mass is 10.1. The highest BCUT2D eigenvalue weighted by atomic mass is 35.5. The molecule has 0 aliphatic rings. The number of nitrogens with one attached hydrogen (secondary N) is 2. The van der Waals surface area contributed by atoms with Gasteiger partial charge >= 0.3 is 6.03 Å². The highest BCUT2D eigenvalue weighted by molar-refractivity contribution is 6.30. The van der Waals surface area contributed by atoms with E-state index in [1.807, 2.05) is 49.4 Å². The summed E-state index contributed by atoms with van der Waals surface area (Å²) in [5.41, 5.74) is 3.95. The van der Waals surface area contributed by atoms with E-state index in [0.717, 1.165) is 35.6 Å². The van der Waals surface area contributed by atoms with Crippen molar-refractivity contribution in [2.75, 3.05) is 23.3 Å². The minimum absolute atomic E-state index is 0.274. The second kappa shape index (κ2) is 9.14. The van der Waals surface area contributed by atoms with Gasteiger partial charge in [-0.05, 0) is 68.3 Å². The largest absolute Gasteiger partial charge is 0.372 e. The maximum Gasteiger partial charge on any atom is 0.323 e. The van der Waals surface area contributed by atoms with Gasteiger partial charge in [0.25, 0.3) is 0 Å². The molecule has 0 unspecified atom stereocenters. The lowest BCUT2D eigenvalue weighted by Crippen LogP contribution is -2.25. The van der Waals surface area contributed by atoms with Crippen molar-refractivity contribution in [2.45, 2.75) is 20.8 Å². The zero-order valence-corrected chi connectivity index (χ0v) is 15.6. The van der Waals surface area contributed by atoms with Crippen LogP contribution in [0.25, 0.3) is 6.08 Å². The number of amides is 2. The predicted octanol–water partition coefficient (Wildman–Crippen LogP) is 5.29. The number of carbonyl (C=O) groups excluding carboxylic acids is 1. The molecule has 0 fully saturated rings. The van der Waals surface area contributed by atoms with Crippen molar-refractivity contribution in [1.82, 2.24) is 5.32 Å². The molecular weight excluding hydrogens is 334 g/mol. The molecule has 132 valence electrons. The monoisotopic (exact) mass is 357 g/mol. The predicted molar refractivity (Wildman–Crippen MR) is 107 cm³/mol. The van der Waals surface area contributed by atoms with E-state index in [9.17, 15) is 4.79 Å². The number of hydrogen-bond donors (Lipinski definition) is 2. The standard InChI is InChI=1S/C20H24ClN3O/c1-4-24(5-2)18-10-11-19(15(3)14-18)23-20(25)22-13-12-16-6-8-17(21)9-7-16/h6-14H,4-5H2,1-3H3,(H2,22,23,25)/b13-12+. The molecule has 2 rings (SSSR count). The van der Waals surface area contributed by atoms with Crippen molar-refractivity contribution in [3.8, 4) is 0 Å². The molecule has 0 aliphatic carbocycles. The summed E-state index contributed by atoms with van der Waals surface area (Å²) in [5, 5.41) is 6.26. The van der Waals surface area contributed by atoms with Gasteiger partial charge in [0, 0.05) is 35.7 Å². The lowest BCUT2D eigenvalue weighted by molar-refractivity contribution is 0.255. The van der Waals surface area contributed by atoms with Crippen LogP contribution in [0, 0.1) is 6.92 Å². The Labute approximate surface area is 154 Å². The molecule has 0 saturated heterocycles. The number of benzene rings is 2. The van der Waals surface area contributed by atoms with E-state index in [-0.39, 0.29) is 6.03 Å². The first kappa shape index (κ1) is 18.9. The van der Waals surface area contributed by atoms with E-state index >= 15 is 0 Å². The Morgan fingerprint density at radius 2 is 1.80 bits per heavy atom. The molecule has 0 aliphatic heterocycles. The fourth-order valence-electron chi connectivity index (χ4n) is 2.52. The number of hydrogen-bond acceptors (Lipinski definition) is 2. The minimum Gasteiger partial charge on any atom is -0.372 e. The summed E-state index contributed by atoms with van der Waals surface area (Å²) in [6.07, 6.45) is 3.42. The first-order valence-corrected chi connectivity index (χ1v) is 8.76. The second-order valence-corrected chi connectivity index (χ2v) is 6.09. The van der Waals surface area contributed by atoms with Crippen LogP contribution in [-0.2, 0) is 0 Å². The Morgan fingerprint density at radius 3 is 2.40 bits per heavy atom. The fourth-order valence-corrected chi connectivity index (χ4v) is 2.65. The van der Waals surface area contributed by atoms with Gasteiger partial charge in [-0.1, -0.05) is 23.7 Å². The SMILES string of the molecule is CCN(CC)c1ccc(NC(=O)N/C=C/c2ccc(Cl)cc2)c(C)c1. The van der Waals surface area contributed by atoms with Gasteiger partial charge < -0.3 is 15.5 Å². The highest BCUT2D eigenvalue weighted by Gasteiger charge is 2.07. The van der Waals surface area contributed by atoms with Crippen molar-refractivity contribution in [2.24, 2.45) is 0 Å². The first-order valence-electron chi connectivity index (χ1n) is 8.38. The fraction of sp³-hybridized carbons (Fsp3) is 0.250. The zero-order valence-electron chi connectivity index (χ0n) is 14.8. The van der Waals surface area contributed by atoms with Crippen molar-refractivity contribution in [1.29, 1.82) is 0 Å². The molecular formula is C20H24ClN3O. The Morgan fingerprint density at radius 1 is 1.12 bits per heavy atom. The third-order valence-electron chi connectivity index (χ3n) is 3.95. The number of aryl methyl sites for hydroxylation is 1. The van der Waals surface area contributed by atoms with Gasteiger partial charge in [-0.15, -0.1) is 0 Å². The van der Waals surface area contributed by atoms with Gasteiger partial charge in [0.1, 0.15) is 0 Å². The minimum atomic E-state index is -0.274. The molecule has 0 spiro atoms. The van der Waals surface area contributed by atoms with Gasteiger partial charge in [0.05, 0.1) is 0 Å². The summed E-state index contributed by atoms with van der Waals surface area (Å²) < 4.78 is 0. The summed E-state index contributed by atoms with van der Waals surface area (Å²) in [7, 11) is 0. The average Bonchev–Trinajstić information content (AvgIpc) is 2.60. The molecule has 2 amide bonds. The molecule has 4 nitrogen and oxygen atoms in total. The molecule has 2 N–H and O–H groups in total. The Hall–Kier alpha value is -2.46. The van der Waals surface area contributed by atoms with Gasteiger partial charge in [-0.3, -0.25) is 0 Å². The Kier molecular flexibility index (Phi) is 6.90. The van der Waals surface area contributed by atoms with Gasteiger partial charge in [-0.25, -0.2) is 4.79 Å². The van der Waals surface area contributed by atoms with Gasteiger partial charge in [-0.2, -0.15) is 0 Å². The number of nitrogens with zero attached hydrogens (tertiary/aromatic N) is 1. The molecule has 2 aromatic rings. The summed E-state index contributed by atoms with van der Waals surface area (Å²) >= 11 is 5.84. The van der Waals surface area contributed by atoms with E-state index < -0.39 is 0 Å². The van der Waals surface area contributed by atoms with Crippen molar-refractivity contribution in [3.63, 3.8) is 0 Å². The van der Waals surface area contributed by atoms with Crippen molar-refractivity contribution in [3.05, 3.63) is 64.8 Å². The smallest absolute Gasteiger partial charge is 0.323 e. The number of carbonyl (C=O) groups is 1. The van der Waals surface area contributed by atoms with Crippen molar-refractivity contribution < 1.29 is 4.79 Å². The van der Waals surface area contributed by atoms with Crippen LogP contribution in [0.15, 0.2) is 48.7 Å². The van der Waals surface area contributed by atoms with Gasteiger partial charge in [0.2, 0.25) is 0 Å². The van der Waals surface area contributed by atoms with Crippen LogP contribution in [0.4, 0.5) is 16.2 Å². The van der Waals surface area contributed by atoms with Crippen LogP contribution < -0.4 is 15.5 Å². The average molecular weight is 358 g/mol. The van der Waals surface area contributed by atoms with Gasteiger partial charge in [0.15, 0.2) is 0 Å². The van der Waals surface area contributed by atoms with E-state index in [2.05, 4.69) is 35.4 Å². The number of halogens is 1. The summed E-state index contributed by atoms with van der Waals surface area (Å²) in [6.45, 7) is 8.17. The van der Waals surface area contributed by atoms with Crippen LogP contribution in [0.1, 0.15) is 25.0 Å². The molecule has 0 radical (unpaired) electrons. The van der Waals surface area contributed by atoms with Crippen LogP contribution in [0.5, 0.6) is 0 Å². The van der Waals surface area contributed by atoms with E-state index in [1.165, 1.54) is 0 Å². The molecule has 0 atom stereocenters. The zero-order chi connectivity index (χ0) is 18.2. The third kappa shape index (κ3) is 5.54. The quantitative estimate of drug-likeness (QED) is 0.738. The molecule has 0 aromatic heterocycles. The Bertz CT molecular complexity index is 737. The first-order chi connectivity index (χ1) is 12.0. The number of anilines is 2. The normalized spacial score (nSPS) is 10.7. The topological polar surface area (TPSA) is 44.4 Å². The summed E-state index contributed by atoms with van der Waals surface area (Å²) in [6, 6.07) is 13.2. The molecule has 2 aromatic carbocycles. The van der Waals surface area contributed by atoms with Crippen LogP contribution in [0.3, 0.4) is 0 Å². The van der Waals surface area contributed by atoms with Crippen LogP contribution in [-0.4, -0.2) is 19.1 Å². The summed E-state index contributed by atoms with van der Waals surface area (Å²) in [4.78, 5) is 14.3. The molecule has 0 bridgehead atoms. The van der Waals surface area contributed by atoms with Crippen LogP contribution in [0.2, 0.25) is 5.02 Å². The summed E-state index contributed by atoms with van der Waals surface area (Å²) in [5.74, 6) is 0. The van der Waals surface area contributed by atoms with E-state index in [4.69, 9.17) is 11.6 Å². The molecule has 5 heteroatoms. The maximum absolute atomic E-state index is 12.0. The van der Waals surface area contributed by atoms with E-state index in [0.29, 0.717) is 5.02 Å². The second-order valence-electron chi connectivity index (χ2n) is 5.65. The maximum atomic E-state index is 12.0. The number of urea groups is 1. The Balaban J connectivity index is 1.95.